The maximum Gasteiger partial charge on any atom is 0.214 e. The van der Waals surface area contributed by atoms with Gasteiger partial charge in [0.2, 0.25) is 10.0 Å². The van der Waals surface area contributed by atoms with Gasteiger partial charge in [-0.15, -0.1) is 0 Å². The van der Waals surface area contributed by atoms with Crippen LogP contribution in [0.25, 0.3) is 0 Å². The van der Waals surface area contributed by atoms with Gasteiger partial charge in [0, 0.05) is 19.0 Å². The Morgan fingerprint density at radius 3 is 2.67 bits per heavy atom. The third kappa shape index (κ3) is 3.31. The lowest BCUT2D eigenvalue weighted by atomic mass is 10.2. The van der Waals surface area contributed by atoms with E-state index in [9.17, 15) is 8.42 Å². The smallest absolute Gasteiger partial charge is 0.214 e. The normalized spacial score (nSPS) is 23.3. The summed E-state index contributed by atoms with van der Waals surface area (Å²) in [6, 6.07) is 9.91. The third-order valence-electron chi connectivity index (χ3n) is 3.12. The second kappa shape index (κ2) is 5.82. The maximum absolute atomic E-state index is 11.7. The first kappa shape index (κ1) is 13.5. The highest BCUT2D eigenvalue weighted by molar-refractivity contribution is 7.89. The van der Waals surface area contributed by atoms with E-state index in [-0.39, 0.29) is 11.7 Å². The van der Waals surface area contributed by atoms with Crippen molar-refractivity contribution in [3.63, 3.8) is 0 Å². The fourth-order valence-electron chi connectivity index (χ4n) is 2.20. The molecule has 0 spiro atoms. The molecule has 1 atom stereocenters. The van der Waals surface area contributed by atoms with Gasteiger partial charge in [0.1, 0.15) is 0 Å². The Morgan fingerprint density at radius 1 is 1.33 bits per heavy atom. The van der Waals surface area contributed by atoms with Crippen molar-refractivity contribution in [3.8, 4) is 0 Å². The largest absolute Gasteiger partial charge is 0.376 e. The number of hydrogen-bond donors (Lipinski definition) is 0. The predicted molar refractivity (Wildman–Crippen MR) is 70.6 cm³/mol. The Labute approximate surface area is 109 Å². The molecule has 0 aromatic heterocycles. The molecule has 0 bridgehead atoms. The number of hydrogen-bond acceptors (Lipinski definition) is 3. The van der Waals surface area contributed by atoms with Crippen LogP contribution in [0.1, 0.15) is 12.5 Å². The third-order valence-corrected chi connectivity index (χ3v) is 5.21. The van der Waals surface area contributed by atoms with Gasteiger partial charge in [0.15, 0.2) is 0 Å². The van der Waals surface area contributed by atoms with E-state index in [1.807, 2.05) is 37.3 Å². The predicted octanol–water partition coefficient (Wildman–Crippen LogP) is 1.48. The molecule has 0 radical (unpaired) electrons. The van der Waals surface area contributed by atoms with Gasteiger partial charge in [0.25, 0.3) is 0 Å². The zero-order valence-electron chi connectivity index (χ0n) is 10.6. The Kier molecular flexibility index (Phi) is 4.37. The van der Waals surface area contributed by atoms with E-state index in [0.717, 1.165) is 5.56 Å². The summed E-state index contributed by atoms with van der Waals surface area (Å²) in [6.07, 6.45) is 0. The van der Waals surface area contributed by atoms with Gasteiger partial charge in [-0.1, -0.05) is 37.3 Å². The van der Waals surface area contributed by atoms with Crippen LogP contribution in [0, 0.1) is 5.92 Å². The number of nitrogens with zero attached hydrogens (tertiary/aromatic N) is 1. The van der Waals surface area contributed by atoms with E-state index in [1.165, 1.54) is 4.31 Å². The number of benzene rings is 1. The molecule has 1 heterocycles. The Morgan fingerprint density at radius 2 is 2.06 bits per heavy atom. The summed E-state index contributed by atoms with van der Waals surface area (Å²) in [6.45, 7) is 4.06. The minimum absolute atomic E-state index is 0.0960. The second-order valence-corrected chi connectivity index (χ2v) is 6.61. The van der Waals surface area contributed by atoms with Crippen LogP contribution < -0.4 is 0 Å². The van der Waals surface area contributed by atoms with Gasteiger partial charge >= 0.3 is 0 Å². The topological polar surface area (TPSA) is 46.6 Å². The average Bonchev–Trinajstić information content (AvgIpc) is 2.65. The Bertz CT molecular complexity index is 472. The molecule has 0 N–H and O–H groups in total. The molecule has 0 amide bonds. The van der Waals surface area contributed by atoms with Gasteiger partial charge in [-0.05, 0) is 5.56 Å². The molecule has 1 aliphatic heterocycles. The summed E-state index contributed by atoms with van der Waals surface area (Å²) in [5, 5.41) is 0. The summed E-state index contributed by atoms with van der Waals surface area (Å²) in [7, 11) is -3.03. The van der Waals surface area contributed by atoms with Gasteiger partial charge in [-0.25, -0.2) is 12.7 Å². The standard InChI is InChI=1S/C13H19NO3S/c1-2-14-8-13(11-18(14,15)16)10-17-9-12-6-4-3-5-7-12/h3-7,13H,2,8-11H2,1H3. The van der Waals surface area contributed by atoms with E-state index in [1.54, 1.807) is 0 Å². The van der Waals surface area contributed by atoms with E-state index in [2.05, 4.69) is 0 Å². The van der Waals surface area contributed by atoms with Crippen LogP contribution in [0.5, 0.6) is 0 Å². The van der Waals surface area contributed by atoms with E-state index < -0.39 is 10.0 Å². The molecule has 1 fully saturated rings. The zero-order chi connectivity index (χ0) is 13.0. The van der Waals surface area contributed by atoms with Crippen molar-refractivity contribution in [2.45, 2.75) is 13.5 Å². The monoisotopic (exact) mass is 269 g/mol. The highest BCUT2D eigenvalue weighted by atomic mass is 32.2. The van der Waals surface area contributed by atoms with Gasteiger partial charge in [-0.2, -0.15) is 0 Å². The summed E-state index contributed by atoms with van der Waals surface area (Å²) in [4.78, 5) is 0. The molecule has 18 heavy (non-hydrogen) atoms. The molecule has 1 unspecified atom stereocenters. The van der Waals surface area contributed by atoms with E-state index >= 15 is 0 Å². The van der Waals surface area contributed by atoms with Crippen molar-refractivity contribution in [2.24, 2.45) is 5.92 Å². The van der Waals surface area contributed by atoms with Crippen molar-refractivity contribution in [2.75, 3.05) is 25.4 Å². The van der Waals surface area contributed by atoms with Crippen molar-refractivity contribution >= 4 is 10.0 Å². The minimum Gasteiger partial charge on any atom is -0.376 e. The molecule has 100 valence electrons. The molecular weight excluding hydrogens is 250 g/mol. The van der Waals surface area contributed by atoms with Gasteiger partial charge in [0.05, 0.1) is 19.0 Å². The lowest BCUT2D eigenvalue weighted by Crippen LogP contribution is -2.25. The van der Waals surface area contributed by atoms with Crippen LogP contribution in [0.4, 0.5) is 0 Å². The SMILES string of the molecule is CCN1CC(COCc2ccccc2)CS1(=O)=O. The van der Waals surface area contributed by atoms with Crippen LogP contribution in [-0.4, -0.2) is 38.2 Å². The van der Waals surface area contributed by atoms with Crippen LogP contribution in [0.2, 0.25) is 0 Å². The summed E-state index contributed by atoms with van der Waals surface area (Å²) in [5.41, 5.74) is 1.12. The minimum atomic E-state index is -3.03. The highest BCUT2D eigenvalue weighted by Crippen LogP contribution is 2.19. The van der Waals surface area contributed by atoms with Crippen LogP contribution in [0.3, 0.4) is 0 Å². The molecule has 1 aliphatic rings. The van der Waals surface area contributed by atoms with Crippen molar-refractivity contribution in [1.29, 1.82) is 0 Å². The Balaban J connectivity index is 1.79. The molecule has 0 saturated carbocycles. The molecule has 1 aromatic rings. The molecule has 5 heteroatoms. The average molecular weight is 269 g/mol. The van der Waals surface area contributed by atoms with Crippen LogP contribution in [-0.2, 0) is 21.4 Å². The summed E-state index contributed by atoms with van der Waals surface area (Å²) < 4.78 is 30.5. The van der Waals surface area contributed by atoms with Crippen molar-refractivity contribution in [3.05, 3.63) is 35.9 Å². The number of sulfonamides is 1. The number of rotatable bonds is 5. The van der Waals surface area contributed by atoms with Crippen molar-refractivity contribution < 1.29 is 13.2 Å². The van der Waals surface area contributed by atoms with Crippen molar-refractivity contribution in [1.82, 2.24) is 4.31 Å². The first-order chi connectivity index (χ1) is 8.62. The van der Waals surface area contributed by atoms with Crippen LogP contribution >= 0.6 is 0 Å². The highest BCUT2D eigenvalue weighted by Gasteiger charge is 2.34. The fourth-order valence-corrected chi connectivity index (χ4v) is 4.04. The quantitative estimate of drug-likeness (QED) is 0.813. The van der Waals surface area contributed by atoms with Crippen LogP contribution in [0.15, 0.2) is 30.3 Å². The summed E-state index contributed by atoms with van der Waals surface area (Å²) >= 11 is 0. The van der Waals surface area contributed by atoms with E-state index in [0.29, 0.717) is 26.3 Å². The lowest BCUT2D eigenvalue weighted by Gasteiger charge is -2.11. The first-order valence-electron chi connectivity index (χ1n) is 6.21. The molecule has 4 nitrogen and oxygen atoms in total. The van der Waals surface area contributed by atoms with Gasteiger partial charge in [-0.3, -0.25) is 0 Å². The Hall–Kier alpha value is -0.910. The molecule has 1 saturated heterocycles. The number of ether oxygens (including phenoxy) is 1. The lowest BCUT2D eigenvalue weighted by molar-refractivity contribution is 0.0919. The fraction of sp³-hybridized carbons (Fsp3) is 0.538. The molecule has 0 aliphatic carbocycles. The maximum atomic E-state index is 11.7. The molecular formula is C13H19NO3S. The first-order valence-corrected chi connectivity index (χ1v) is 7.82. The second-order valence-electron chi connectivity index (χ2n) is 4.60. The summed E-state index contributed by atoms with van der Waals surface area (Å²) in [5.74, 6) is 0.314. The van der Waals surface area contributed by atoms with Gasteiger partial charge < -0.3 is 4.74 Å². The zero-order valence-corrected chi connectivity index (χ0v) is 11.4. The van der Waals surface area contributed by atoms with E-state index in [4.69, 9.17) is 4.74 Å². The molecule has 1 aromatic carbocycles. The molecule has 2 rings (SSSR count).